The SMILES string of the molecule is Fc1ccccc1CC1CCN(CCN2CCCCC2)CC1. The first-order valence-electron chi connectivity index (χ1n) is 8.99. The third kappa shape index (κ3) is 4.53. The lowest BCUT2D eigenvalue weighted by atomic mass is 9.90. The van der Waals surface area contributed by atoms with Crippen molar-refractivity contribution in [3.8, 4) is 0 Å². The van der Waals surface area contributed by atoms with Crippen LogP contribution in [0.3, 0.4) is 0 Å². The van der Waals surface area contributed by atoms with Crippen molar-refractivity contribution >= 4 is 0 Å². The van der Waals surface area contributed by atoms with Crippen molar-refractivity contribution in [2.45, 2.75) is 38.5 Å². The molecule has 0 unspecified atom stereocenters. The summed E-state index contributed by atoms with van der Waals surface area (Å²) in [4.78, 5) is 5.22. The highest BCUT2D eigenvalue weighted by Gasteiger charge is 2.21. The van der Waals surface area contributed by atoms with Gasteiger partial charge in [-0.25, -0.2) is 4.39 Å². The number of likely N-dealkylation sites (tertiary alicyclic amines) is 2. The maximum atomic E-state index is 13.7. The second-order valence-corrected chi connectivity index (χ2v) is 6.98. The molecule has 2 heterocycles. The Labute approximate surface area is 134 Å². The summed E-state index contributed by atoms with van der Waals surface area (Å²) in [6.45, 7) is 7.41. The minimum atomic E-state index is -0.0324. The predicted octanol–water partition coefficient (Wildman–Crippen LogP) is 3.57. The number of hydrogen-bond acceptors (Lipinski definition) is 2. The summed E-state index contributed by atoms with van der Waals surface area (Å²) in [5.41, 5.74) is 0.897. The molecule has 2 saturated heterocycles. The zero-order chi connectivity index (χ0) is 15.2. The molecule has 1 aromatic carbocycles. The van der Waals surface area contributed by atoms with Crippen LogP contribution < -0.4 is 0 Å². The van der Waals surface area contributed by atoms with E-state index in [0.29, 0.717) is 5.92 Å². The maximum absolute atomic E-state index is 13.7. The molecule has 0 aromatic heterocycles. The van der Waals surface area contributed by atoms with Gasteiger partial charge in [0.05, 0.1) is 0 Å². The van der Waals surface area contributed by atoms with E-state index >= 15 is 0 Å². The number of benzene rings is 1. The van der Waals surface area contributed by atoms with E-state index in [1.165, 1.54) is 71.4 Å². The monoisotopic (exact) mass is 304 g/mol. The van der Waals surface area contributed by atoms with Crippen molar-refractivity contribution < 1.29 is 4.39 Å². The van der Waals surface area contributed by atoms with Crippen LogP contribution in [0.2, 0.25) is 0 Å². The fraction of sp³-hybridized carbons (Fsp3) is 0.684. The van der Waals surface area contributed by atoms with Gasteiger partial charge in [0.2, 0.25) is 0 Å². The van der Waals surface area contributed by atoms with Gasteiger partial charge in [0.15, 0.2) is 0 Å². The molecule has 3 rings (SSSR count). The fourth-order valence-corrected chi connectivity index (χ4v) is 3.85. The molecule has 0 aliphatic carbocycles. The molecule has 0 bridgehead atoms. The number of rotatable bonds is 5. The normalized spacial score (nSPS) is 22.0. The Hall–Kier alpha value is -0.930. The molecule has 1 aromatic rings. The smallest absolute Gasteiger partial charge is 0.126 e. The third-order valence-corrected chi connectivity index (χ3v) is 5.35. The molecule has 3 heteroatoms. The molecule has 0 amide bonds. The van der Waals surface area contributed by atoms with E-state index in [9.17, 15) is 4.39 Å². The largest absolute Gasteiger partial charge is 0.302 e. The summed E-state index contributed by atoms with van der Waals surface area (Å²) in [5, 5.41) is 0. The quantitative estimate of drug-likeness (QED) is 0.820. The second kappa shape index (κ2) is 8.07. The number of halogens is 1. The number of hydrogen-bond donors (Lipinski definition) is 0. The molecule has 0 atom stereocenters. The predicted molar refractivity (Wildman–Crippen MR) is 89.6 cm³/mol. The van der Waals surface area contributed by atoms with Gasteiger partial charge < -0.3 is 9.80 Å². The summed E-state index contributed by atoms with van der Waals surface area (Å²) < 4.78 is 13.7. The van der Waals surface area contributed by atoms with Gasteiger partial charge in [-0.1, -0.05) is 24.6 Å². The molecule has 122 valence electrons. The maximum Gasteiger partial charge on any atom is 0.126 e. The first-order chi connectivity index (χ1) is 10.8. The number of nitrogens with zero attached hydrogens (tertiary/aromatic N) is 2. The lowest BCUT2D eigenvalue weighted by molar-refractivity contribution is 0.145. The highest BCUT2D eigenvalue weighted by atomic mass is 19.1. The minimum Gasteiger partial charge on any atom is -0.302 e. The molecule has 0 N–H and O–H groups in total. The Morgan fingerprint density at radius 3 is 2.18 bits per heavy atom. The highest BCUT2D eigenvalue weighted by molar-refractivity contribution is 5.17. The lowest BCUT2D eigenvalue weighted by Gasteiger charge is -2.34. The van der Waals surface area contributed by atoms with E-state index in [2.05, 4.69) is 9.80 Å². The van der Waals surface area contributed by atoms with Crippen molar-refractivity contribution in [2.24, 2.45) is 5.92 Å². The van der Waals surface area contributed by atoms with Crippen LogP contribution in [-0.2, 0) is 6.42 Å². The second-order valence-electron chi connectivity index (χ2n) is 6.98. The van der Waals surface area contributed by atoms with Crippen molar-refractivity contribution in [3.63, 3.8) is 0 Å². The van der Waals surface area contributed by atoms with Gasteiger partial charge in [-0.15, -0.1) is 0 Å². The zero-order valence-corrected chi connectivity index (χ0v) is 13.6. The zero-order valence-electron chi connectivity index (χ0n) is 13.6. The summed E-state index contributed by atoms with van der Waals surface area (Å²) >= 11 is 0. The van der Waals surface area contributed by atoms with Crippen molar-refractivity contribution in [1.29, 1.82) is 0 Å². The molecule has 2 fully saturated rings. The summed E-state index contributed by atoms with van der Waals surface area (Å²) in [6, 6.07) is 7.26. The topological polar surface area (TPSA) is 6.48 Å². The molecular weight excluding hydrogens is 275 g/mol. The Morgan fingerprint density at radius 2 is 1.50 bits per heavy atom. The van der Waals surface area contributed by atoms with Crippen LogP contribution in [0, 0.1) is 11.7 Å². The van der Waals surface area contributed by atoms with Crippen LogP contribution >= 0.6 is 0 Å². The molecule has 22 heavy (non-hydrogen) atoms. The Morgan fingerprint density at radius 1 is 0.864 bits per heavy atom. The number of piperidine rings is 2. The Kier molecular flexibility index (Phi) is 5.85. The van der Waals surface area contributed by atoms with Crippen LogP contribution in [0.5, 0.6) is 0 Å². The van der Waals surface area contributed by atoms with Crippen LogP contribution in [-0.4, -0.2) is 49.1 Å². The van der Waals surface area contributed by atoms with E-state index in [1.807, 2.05) is 12.1 Å². The molecular formula is C19H29FN2. The van der Waals surface area contributed by atoms with Gasteiger partial charge in [-0.05, 0) is 75.8 Å². The van der Waals surface area contributed by atoms with Crippen LogP contribution in [0.25, 0.3) is 0 Å². The van der Waals surface area contributed by atoms with Gasteiger partial charge >= 0.3 is 0 Å². The van der Waals surface area contributed by atoms with Crippen LogP contribution in [0.1, 0.15) is 37.7 Å². The molecule has 2 aliphatic rings. The first kappa shape index (κ1) is 15.9. The standard InChI is InChI=1S/C19H29FN2/c20-19-7-3-2-6-18(19)16-17-8-12-22(13-9-17)15-14-21-10-4-1-5-11-21/h2-3,6-7,17H,1,4-5,8-16H2. The molecule has 0 spiro atoms. The summed E-state index contributed by atoms with van der Waals surface area (Å²) in [5.74, 6) is 0.623. The van der Waals surface area contributed by atoms with E-state index in [1.54, 1.807) is 12.1 Å². The average molecular weight is 304 g/mol. The third-order valence-electron chi connectivity index (χ3n) is 5.35. The van der Waals surface area contributed by atoms with Crippen LogP contribution in [0.4, 0.5) is 4.39 Å². The molecule has 0 radical (unpaired) electrons. The lowest BCUT2D eigenvalue weighted by Crippen LogP contribution is -2.41. The van der Waals surface area contributed by atoms with E-state index in [-0.39, 0.29) is 5.82 Å². The Balaban J connectivity index is 1.38. The Bertz CT molecular complexity index is 449. The van der Waals surface area contributed by atoms with Crippen molar-refractivity contribution in [2.75, 3.05) is 39.3 Å². The molecule has 0 saturated carbocycles. The summed E-state index contributed by atoms with van der Waals surface area (Å²) in [7, 11) is 0. The van der Waals surface area contributed by atoms with E-state index in [4.69, 9.17) is 0 Å². The average Bonchev–Trinajstić information content (AvgIpc) is 2.57. The molecule has 2 aliphatic heterocycles. The van der Waals surface area contributed by atoms with Crippen molar-refractivity contribution in [1.82, 2.24) is 9.80 Å². The van der Waals surface area contributed by atoms with Gasteiger partial charge in [0, 0.05) is 13.1 Å². The van der Waals surface area contributed by atoms with Gasteiger partial charge in [-0.3, -0.25) is 0 Å². The van der Waals surface area contributed by atoms with Gasteiger partial charge in [0.1, 0.15) is 5.82 Å². The summed E-state index contributed by atoms with van der Waals surface area (Å²) in [6.07, 6.45) is 7.52. The molecule has 2 nitrogen and oxygen atoms in total. The van der Waals surface area contributed by atoms with Gasteiger partial charge in [0.25, 0.3) is 0 Å². The van der Waals surface area contributed by atoms with Gasteiger partial charge in [-0.2, -0.15) is 0 Å². The highest BCUT2D eigenvalue weighted by Crippen LogP contribution is 2.23. The van der Waals surface area contributed by atoms with Crippen molar-refractivity contribution in [3.05, 3.63) is 35.6 Å². The first-order valence-corrected chi connectivity index (χ1v) is 8.99. The van der Waals surface area contributed by atoms with E-state index < -0.39 is 0 Å². The minimum absolute atomic E-state index is 0.0324. The van der Waals surface area contributed by atoms with Crippen LogP contribution in [0.15, 0.2) is 24.3 Å². The fourth-order valence-electron chi connectivity index (χ4n) is 3.85. The van der Waals surface area contributed by atoms with E-state index in [0.717, 1.165) is 12.0 Å².